The highest BCUT2D eigenvalue weighted by Crippen LogP contribution is 2.19. The maximum Gasteiger partial charge on any atom is 0.231 e. The van der Waals surface area contributed by atoms with E-state index in [1.54, 1.807) is 20.3 Å². The summed E-state index contributed by atoms with van der Waals surface area (Å²) in [4.78, 5) is 10.5. The van der Waals surface area contributed by atoms with Crippen LogP contribution < -0.4 is 19.7 Å². The summed E-state index contributed by atoms with van der Waals surface area (Å²) < 4.78 is 15.9. The summed E-state index contributed by atoms with van der Waals surface area (Å²) in [6.07, 6.45) is 0.138. The van der Waals surface area contributed by atoms with Gasteiger partial charge in [0, 0.05) is 26.7 Å². The minimum absolute atomic E-state index is 0.138. The van der Waals surface area contributed by atoms with Gasteiger partial charge in [-0.3, -0.25) is 0 Å². The third kappa shape index (κ3) is 3.68. The molecule has 1 aromatic rings. The lowest BCUT2D eigenvalue weighted by atomic mass is 10.3. The number of methoxy groups -OCH3 is 2. The van der Waals surface area contributed by atoms with Gasteiger partial charge in [-0.2, -0.15) is 9.97 Å². The quantitative estimate of drug-likeness (QED) is 0.801. The molecule has 1 unspecified atom stereocenters. The molecule has 1 fully saturated rings. The van der Waals surface area contributed by atoms with Crippen molar-refractivity contribution in [2.45, 2.75) is 6.10 Å². The van der Waals surface area contributed by atoms with Crippen LogP contribution in [0.3, 0.4) is 0 Å². The van der Waals surface area contributed by atoms with Crippen LogP contribution >= 0.6 is 0 Å². The number of morpholine rings is 1. The SMILES string of the molecule is COc1cc(OC)nc(N(C)CC2CNCCO2)n1. The van der Waals surface area contributed by atoms with E-state index in [0.29, 0.717) is 24.3 Å². The van der Waals surface area contributed by atoms with E-state index in [1.165, 1.54) is 0 Å². The predicted octanol–water partition coefficient (Wildman–Crippen LogP) is -0.0816. The van der Waals surface area contributed by atoms with Crippen LogP contribution in [0.25, 0.3) is 0 Å². The maximum absolute atomic E-state index is 5.66. The smallest absolute Gasteiger partial charge is 0.231 e. The molecule has 1 saturated heterocycles. The number of ether oxygens (including phenoxy) is 3. The van der Waals surface area contributed by atoms with Gasteiger partial charge >= 0.3 is 0 Å². The Morgan fingerprint density at radius 2 is 2.05 bits per heavy atom. The first-order valence-electron chi connectivity index (χ1n) is 6.23. The molecule has 0 spiro atoms. The van der Waals surface area contributed by atoms with E-state index in [4.69, 9.17) is 14.2 Å². The van der Waals surface area contributed by atoms with Crippen LogP contribution in [0.2, 0.25) is 0 Å². The van der Waals surface area contributed by atoms with Crippen molar-refractivity contribution in [1.29, 1.82) is 0 Å². The van der Waals surface area contributed by atoms with Crippen molar-refractivity contribution < 1.29 is 14.2 Å². The lowest BCUT2D eigenvalue weighted by Gasteiger charge is -2.28. The first-order chi connectivity index (χ1) is 9.22. The van der Waals surface area contributed by atoms with Gasteiger partial charge in [0.25, 0.3) is 0 Å². The summed E-state index contributed by atoms with van der Waals surface area (Å²) in [5.41, 5.74) is 0. The Morgan fingerprint density at radius 1 is 1.37 bits per heavy atom. The third-order valence-electron chi connectivity index (χ3n) is 2.91. The van der Waals surface area contributed by atoms with Crippen LogP contribution in [0, 0.1) is 0 Å². The second-order valence-corrected chi connectivity index (χ2v) is 4.33. The van der Waals surface area contributed by atoms with Gasteiger partial charge in [-0.1, -0.05) is 0 Å². The molecule has 0 saturated carbocycles. The Morgan fingerprint density at radius 3 is 2.58 bits per heavy atom. The van der Waals surface area contributed by atoms with E-state index in [-0.39, 0.29) is 6.10 Å². The second-order valence-electron chi connectivity index (χ2n) is 4.33. The first-order valence-corrected chi connectivity index (χ1v) is 6.23. The molecule has 0 radical (unpaired) electrons. The van der Waals surface area contributed by atoms with Crippen LogP contribution in [0.4, 0.5) is 5.95 Å². The zero-order chi connectivity index (χ0) is 13.7. The molecule has 2 heterocycles. The van der Waals surface area contributed by atoms with Gasteiger partial charge in [0.2, 0.25) is 17.7 Å². The average Bonchev–Trinajstić information content (AvgIpc) is 2.47. The van der Waals surface area contributed by atoms with Crippen molar-refractivity contribution in [3.8, 4) is 11.8 Å². The van der Waals surface area contributed by atoms with E-state index >= 15 is 0 Å². The molecule has 2 rings (SSSR count). The largest absolute Gasteiger partial charge is 0.481 e. The summed E-state index contributed by atoms with van der Waals surface area (Å²) in [6, 6.07) is 1.65. The van der Waals surface area contributed by atoms with E-state index in [9.17, 15) is 0 Å². The Bertz CT molecular complexity index is 388. The summed E-state index contributed by atoms with van der Waals surface area (Å²) >= 11 is 0. The number of aromatic nitrogens is 2. The minimum atomic E-state index is 0.138. The molecule has 1 N–H and O–H groups in total. The predicted molar refractivity (Wildman–Crippen MR) is 71.0 cm³/mol. The number of hydrogen-bond acceptors (Lipinski definition) is 7. The monoisotopic (exact) mass is 268 g/mol. The van der Waals surface area contributed by atoms with Crippen LogP contribution in [-0.4, -0.2) is 63.6 Å². The van der Waals surface area contributed by atoms with Crippen molar-refractivity contribution in [2.24, 2.45) is 0 Å². The molecule has 0 aromatic carbocycles. The highest BCUT2D eigenvalue weighted by molar-refractivity contribution is 5.36. The van der Waals surface area contributed by atoms with Gasteiger partial charge in [-0.15, -0.1) is 0 Å². The normalized spacial score (nSPS) is 19.0. The molecule has 7 nitrogen and oxygen atoms in total. The van der Waals surface area contributed by atoms with E-state index < -0.39 is 0 Å². The molecule has 0 amide bonds. The van der Waals surface area contributed by atoms with Crippen molar-refractivity contribution in [1.82, 2.24) is 15.3 Å². The Kier molecular flexibility index (Phi) is 4.75. The van der Waals surface area contributed by atoms with Gasteiger partial charge < -0.3 is 24.4 Å². The Balaban J connectivity index is 2.06. The Hall–Kier alpha value is -1.60. The summed E-state index contributed by atoms with van der Waals surface area (Å²) in [7, 11) is 5.06. The number of anilines is 1. The van der Waals surface area contributed by atoms with Crippen LogP contribution in [0.5, 0.6) is 11.8 Å². The van der Waals surface area contributed by atoms with Crippen LogP contribution in [-0.2, 0) is 4.74 Å². The minimum Gasteiger partial charge on any atom is -0.481 e. The molecular weight excluding hydrogens is 248 g/mol. The van der Waals surface area contributed by atoms with Gasteiger partial charge in [0.1, 0.15) is 0 Å². The lowest BCUT2D eigenvalue weighted by Crippen LogP contribution is -2.44. The van der Waals surface area contributed by atoms with E-state index in [0.717, 1.165) is 19.7 Å². The fourth-order valence-electron chi connectivity index (χ4n) is 1.90. The fraction of sp³-hybridized carbons (Fsp3) is 0.667. The number of likely N-dealkylation sites (N-methyl/N-ethyl adjacent to an activating group) is 1. The molecule has 7 heteroatoms. The molecule has 106 valence electrons. The number of rotatable bonds is 5. The molecule has 0 bridgehead atoms. The highest BCUT2D eigenvalue weighted by atomic mass is 16.5. The molecule has 1 aliphatic heterocycles. The maximum atomic E-state index is 5.66. The van der Waals surface area contributed by atoms with Crippen molar-refractivity contribution in [3.63, 3.8) is 0 Å². The molecule has 1 atom stereocenters. The second kappa shape index (κ2) is 6.53. The van der Waals surface area contributed by atoms with Crippen LogP contribution in [0.1, 0.15) is 0 Å². The summed E-state index contributed by atoms with van der Waals surface area (Å²) in [6.45, 7) is 3.19. The van der Waals surface area contributed by atoms with Crippen LogP contribution in [0.15, 0.2) is 6.07 Å². The fourth-order valence-corrected chi connectivity index (χ4v) is 1.90. The molecular formula is C12H20N4O3. The van der Waals surface area contributed by atoms with Gasteiger partial charge in [-0.05, 0) is 0 Å². The third-order valence-corrected chi connectivity index (χ3v) is 2.91. The number of hydrogen-bond donors (Lipinski definition) is 1. The highest BCUT2D eigenvalue weighted by Gasteiger charge is 2.18. The first kappa shape index (κ1) is 13.8. The van der Waals surface area contributed by atoms with Crippen molar-refractivity contribution >= 4 is 5.95 Å². The number of nitrogens with zero attached hydrogens (tertiary/aromatic N) is 3. The average molecular weight is 268 g/mol. The van der Waals surface area contributed by atoms with Crippen molar-refractivity contribution in [3.05, 3.63) is 6.07 Å². The summed E-state index contributed by atoms with van der Waals surface area (Å²) in [5.74, 6) is 1.53. The zero-order valence-electron chi connectivity index (χ0n) is 11.5. The molecule has 1 aromatic heterocycles. The van der Waals surface area contributed by atoms with E-state index in [1.807, 2.05) is 11.9 Å². The molecule has 0 aliphatic carbocycles. The lowest BCUT2D eigenvalue weighted by molar-refractivity contribution is 0.0338. The number of nitrogens with one attached hydrogen (secondary N) is 1. The van der Waals surface area contributed by atoms with Gasteiger partial charge in [0.05, 0.1) is 33.0 Å². The topological polar surface area (TPSA) is 68.7 Å². The zero-order valence-corrected chi connectivity index (χ0v) is 11.5. The Labute approximate surface area is 112 Å². The molecule has 1 aliphatic rings. The molecule has 19 heavy (non-hydrogen) atoms. The van der Waals surface area contributed by atoms with Crippen molar-refractivity contribution in [2.75, 3.05) is 52.4 Å². The van der Waals surface area contributed by atoms with E-state index in [2.05, 4.69) is 15.3 Å². The standard InChI is InChI=1S/C12H20N4O3/c1-16(8-9-7-13-4-5-19-9)12-14-10(17-2)6-11(15-12)18-3/h6,9,13H,4-5,7-8H2,1-3H3. The summed E-state index contributed by atoms with van der Waals surface area (Å²) in [5, 5.41) is 3.29. The van der Waals surface area contributed by atoms with Gasteiger partial charge in [0.15, 0.2) is 0 Å². The van der Waals surface area contributed by atoms with Gasteiger partial charge in [-0.25, -0.2) is 0 Å².